The van der Waals surface area contributed by atoms with E-state index >= 15 is 0 Å². The van der Waals surface area contributed by atoms with Gasteiger partial charge in [0.15, 0.2) is 0 Å². The van der Waals surface area contributed by atoms with Crippen LogP contribution in [0.4, 0.5) is 0 Å². The molecule has 10 heavy (non-hydrogen) atoms. The van der Waals surface area contributed by atoms with E-state index in [0.29, 0.717) is 6.04 Å². The second-order valence-corrected chi connectivity index (χ2v) is 2.58. The van der Waals surface area contributed by atoms with Crippen LogP contribution in [-0.4, -0.2) is 11.5 Å². The van der Waals surface area contributed by atoms with Gasteiger partial charge in [0.2, 0.25) is 0 Å². The third kappa shape index (κ3) is 0.907. The van der Waals surface area contributed by atoms with E-state index in [1.165, 1.54) is 12.0 Å². The highest BCUT2D eigenvalue weighted by Gasteiger charge is 2.17. The van der Waals surface area contributed by atoms with Crippen LogP contribution in [0.1, 0.15) is 18.0 Å². The maximum Gasteiger partial charge on any atom is 0.0347 e. The van der Waals surface area contributed by atoms with Crippen LogP contribution >= 0.6 is 0 Å². The summed E-state index contributed by atoms with van der Waals surface area (Å²) in [5.41, 5.74) is 1.31. The van der Waals surface area contributed by atoms with Gasteiger partial charge in [-0.1, -0.05) is 6.07 Å². The molecule has 1 saturated heterocycles. The Morgan fingerprint density at radius 1 is 1.60 bits per heavy atom. The monoisotopic (exact) mass is 134 g/mol. The summed E-state index contributed by atoms with van der Waals surface area (Å²) in [6, 6.07) is 4.67. The van der Waals surface area contributed by atoms with Crippen molar-refractivity contribution in [3.63, 3.8) is 0 Å². The number of rotatable bonds is 1. The molecule has 2 rings (SSSR count). The zero-order chi connectivity index (χ0) is 6.81. The third-order valence-corrected chi connectivity index (χ3v) is 1.91. The first-order valence-corrected chi connectivity index (χ1v) is 3.60. The van der Waals surface area contributed by atoms with Crippen LogP contribution < -0.4 is 5.32 Å². The van der Waals surface area contributed by atoms with Crippen molar-refractivity contribution >= 4 is 0 Å². The van der Waals surface area contributed by atoms with Crippen molar-refractivity contribution in [1.82, 2.24) is 10.3 Å². The lowest BCUT2D eigenvalue weighted by atomic mass is 10.0. The highest BCUT2D eigenvalue weighted by molar-refractivity contribution is 5.15. The molecule has 1 aliphatic heterocycles. The van der Waals surface area contributed by atoms with Gasteiger partial charge in [-0.3, -0.25) is 4.98 Å². The minimum atomic E-state index is 0.577. The van der Waals surface area contributed by atoms with Crippen LogP contribution in [0.3, 0.4) is 0 Å². The summed E-state index contributed by atoms with van der Waals surface area (Å²) in [6.07, 6.45) is 4.99. The summed E-state index contributed by atoms with van der Waals surface area (Å²) < 4.78 is 0. The average molecular weight is 134 g/mol. The zero-order valence-electron chi connectivity index (χ0n) is 5.75. The smallest absolute Gasteiger partial charge is 0.0347 e. The van der Waals surface area contributed by atoms with Gasteiger partial charge in [0.05, 0.1) is 0 Å². The minimum Gasteiger partial charge on any atom is -0.310 e. The molecule has 2 nitrogen and oxygen atoms in total. The van der Waals surface area contributed by atoms with E-state index in [9.17, 15) is 0 Å². The van der Waals surface area contributed by atoms with Crippen molar-refractivity contribution in [3.05, 3.63) is 30.1 Å². The Bertz CT molecular complexity index is 204. The number of pyridine rings is 1. The molecule has 0 radical (unpaired) electrons. The van der Waals surface area contributed by atoms with Gasteiger partial charge < -0.3 is 5.32 Å². The third-order valence-electron chi connectivity index (χ3n) is 1.91. The molecule has 0 saturated carbocycles. The SMILES string of the molecule is c1cncc([C@@H]2CCN2)c1. The highest BCUT2D eigenvalue weighted by atomic mass is 15.0. The van der Waals surface area contributed by atoms with Crippen LogP contribution in [0.25, 0.3) is 0 Å². The fraction of sp³-hybridized carbons (Fsp3) is 0.375. The van der Waals surface area contributed by atoms with Crippen molar-refractivity contribution in [2.75, 3.05) is 6.54 Å². The standard InChI is InChI=1S/C8H10N2/c1-2-7(6-9-4-1)8-3-5-10-8/h1-2,4,6,8,10H,3,5H2/t8-/m0/s1. The summed E-state index contributed by atoms with van der Waals surface area (Å²) in [5.74, 6) is 0. The van der Waals surface area contributed by atoms with Crippen molar-refractivity contribution in [1.29, 1.82) is 0 Å². The van der Waals surface area contributed by atoms with Crippen LogP contribution in [-0.2, 0) is 0 Å². The molecule has 0 spiro atoms. The molecular formula is C8H10N2. The van der Waals surface area contributed by atoms with Gasteiger partial charge in [-0.2, -0.15) is 0 Å². The van der Waals surface area contributed by atoms with Crippen molar-refractivity contribution in [3.8, 4) is 0 Å². The predicted molar refractivity (Wildman–Crippen MR) is 39.6 cm³/mol. The molecule has 0 bridgehead atoms. The lowest BCUT2D eigenvalue weighted by Crippen LogP contribution is -2.34. The van der Waals surface area contributed by atoms with E-state index in [0.717, 1.165) is 6.54 Å². The van der Waals surface area contributed by atoms with E-state index in [1.807, 2.05) is 18.5 Å². The zero-order valence-corrected chi connectivity index (χ0v) is 5.75. The predicted octanol–water partition coefficient (Wildman–Crippen LogP) is 1.12. The molecule has 0 aliphatic carbocycles. The Morgan fingerprint density at radius 3 is 3.00 bits per heavy atom. The first kappa shape index (κ1) is 5.86. The number of hydrogen-bond acceptors (Lipinski definition) is 2. The largest absolute Gasteiger partial charge is 0.310 e. The van der Waals surface area contributed by atoms with Crippen LogP contribution in [0.15, 0.2) is 24.5 Å². The number of nitrogens with zero attached hydrogens (tertiary/aromatic N) is 1. The summed E-state index contributed by atoms with van der Waals surface area (Å²) in [7, 11) is 0. The number of hydrogen-bond donors (Lipinski definition) is 1. The lowest BCUT2D eigenvalue weighted by Gasteiger charge is -2.27. The molecule has 0 aromatic carbocycles. The molecular weight excluding hydrogens is 124 g/mol. The second-order valence-electron chi connectivity index (χ2n) is 2.58. The molecule has 1 atom stereocenters. The van der Waals surface area contributed by atoms with Crippen LogP contribution in [0.5, 0.6) is 0 Å². The Morgan fingerprint density at radius 2 is 2.50 bits per heavy atom. The molecule has 1 aromatic rings. The summed E-state index contributed by atoms with van der Waals surface area (Å²) >= 11 is 0. The molecule has 2 heterocycles. The fourth-order valence-electron chi connectivity index (χ4n) is 1.16. The normalized spacial score (nSPS) is 23.8. The molecule has 52 valence electrons. The van der Waals surface area contributed by atoms with Gasteiger partial charge in [-0.05, 0) is 24.6 Å². The van der Waals surface area contributed by atoms with E-state index in [4.69, 9.17) is 0 Å². The maximum atomic E-state index is 4.05. The molecule has 1 aromatic heterocycles. The number of nitrogens with one attached hydrogen (secondary N) is 1. The topological polar surface area (TPSA) is 24.9 Å². The van der Waals surface area contributed by atoms with Crippen molar-refractivity contribution in [2.45, 2.75) is 12.5 Å². The van der Waals surface area contributed by atoms with E-state index in [2.05, 4.69) is 16.4 Å². The van der Waals surface area contributed by atoms with E-state index in [1.54, 1.807) is 0 Å². The highest BCUT2D eigenvalue weighted by Crippen LogP contribution is 2.20. The molecule has 1 fully saturated rings. The summed E-state index contributed by atoms with van der Waals surface area (Å²) in [4.78, 5) is 4.05. The van der Waals surface area contributed by atoms with Crippen molar-refractivity contribution in [2.24, 2.45) is 0 Å². The van der Waals surface area contributed by atoms with Crippen LogP contribution in [0, 0.1) is 0 Å². The van der Waals surface area contributed by atoms with Crippen molar-refractivity contribution < 1.29 is 0 Å². The average Bonchev–Trinajstić information content (AvgIpc) is 1.86. The summed E-state index contributed by atoms with van der Waals surface area (Å²) in [5, 5.41) is 3.32. The van der Waals surface area contributed by atoms with E-state index < -0.39 is 0 Å². The van der Waals surface area contributed by atoms with Gasteiger partial charge in [-0.25, -0.2) is 0 Å². The molecule has 1 aliphatic rings. The van der Waals surface area contributed by atoms with Gasteiger partial charge in [0.1, 0.15) is 0 Å². The van der Waals surface area contributed by atoms with Gasteiger partial charge in [-0.15, -0.1) is 0 Å². The summed E-state index contributed by atoms with van der Waals surface area (Å²) in [6.45, 7) is 1.15. The Labute approximate surface area is 60.3 Å². The lowest BCUT2D eigenvalue weighted by molar-refractivity contribution is 0.382. The molecule has 0 unspecified atom stereocenters. The molecule has 2 heteroatoms. The minimum absolute atomic E-state index is 0.577. The first-order chi connectivity index (χ1) is 4.97. The molecule has 1 N–H and O–H groups in total. The van der Waals surface area contributed by atoms with E-state index in [-0.39, 0.29) is 0 Å². The molecule has 0 amide bonds. The Hall–Kier alpha value is -0.890. The van der Waals surface area contributed by atoms with Crippen LogP contribution in [0.2, 0.25) is 0 Å². The van der Waals surface area contributed by atoms with Gasteiger partial charge in [0, 0.05) is 18.4 Å². The quantitative estimate of drug-likeness (QED) is 0.622. The fourth-order valence-corrected chi connectivity index (χ4v) is 1.16. The van der Waals surface area contributed by atoms with Gasteiger partial charge in [0.25, 0.3) is 0 Å². The first-order valence-electron chi connectivity index (χ1n) is 3.60. The van der Waals surface area contributed by atoms with Gasteiger partial charge >= 0.3 is 0 Å². The number of aromatic nitrogens is 1. The second kappa shape index (κ2) is 2.39. The Balaban J connectivity index is 2.18. The Kier molecular flexibility index (Phi) is 1.40. The maximum absolute atomic E-state index is 4.05.